The van der Waals surface area contributed by atoms with Gasteiger partial charge in [-0.2, -0.15) is 0 Å². The van der Waals surface area contributed by atoms with Crippen molar-refractivity contribution in [1.29, 1.82) is 0 Å². The lowest BCUT2D eigenvalue weighted by atomic mass is 9.89. The molecule has 1 aliphatic heterocycles. The SMILES string of the molecule is C=C/C=C/C(=C\N/C=C/C)C(C)CC(=O)Nc1cccc(CN(C)C)c1.CC.CC.COc1ccc(C2CCN(C(N)=O)CC2)cc1. The molecule has 1 atom stereocenters. The van der Waals surface area contributed by atoms with Gasteiger partial charge in [-0.1, -0.05) is 89.8 Å². The lowest BCUT2D eigenvalue weighted by molar-refractivity contribution is -0.116. The first kappa shape index (κ1) is 42.7. The molecular formula is C39H61N5O3. The number of likely N-dealkylation sites (tertiary alicyclic amines) is 1. The van der Waals surface area contributed by atoms with E-state index in [1.165, 1.54) is 11.1 Å². The summed E-state index contributed by atoms with van der Waals surface area (Å²) in [5, 5.41) is 6.11. The van der Waals surface area contributed by atoms with Gasteiger partial charge >= 0.3 is 6.03 Å². The van der Waals surface area contributed by atoms with Gasteiger partial charge < -0.3 is 30.9 Å². The molecule has 1 fully saturated rings. The molecule has 1 heterocycles. The van der Waals surface area contributed by atoms with Gasteiger partial charge in [0.2, 0.25) is 5.91 Å². The fourth-order valence-electron chi connectivity index (χ4n) is 4.80. The van der Waals surface area contributed by atoms with Crippen LogP contribution in [0.3, 0.4) is 0 Å². The van der Waals surface area contributed by atoms with E-state index in [1.54, 1.807) is 18.1 Å². The molecule has 1 saturated heterocycles. The van der Waals surface area contributed by atoms with Gasteiger partial charge in [-0.15, -0.1) is 0 Å². The number of nitrogens with two attached hydrogens (primary N) is 1. The fraction of sp³-hybridized carbons (Fsp3) is 0.436. The summed E-state index contributed by atoms with van der Waals surface area (Å²) >= 11 is 0. The summed E-state index contributed by atoms with van der Waals surface area (Å²) in [4.78, 5) is 27.3. The summed E-state index contributed by atoms with van der Waals surface area (Å²) in [5.41, 5.74) is 9.62. The Balaban J connectivity index is 0.000000866. The molecule has 3 amide bonds. The van der Waals surface area contributed by atoms with E-state index in [0.717, 1.165) is 49.5 Å². The molecule has 260 valence electrons. The van der Waals surface area contributed by atoms with E-state index < -0.39 is 0 Å². The van der Waals surface area contributed by atoms with Crippen LogP contribution >= 0.6 is 0 Å². The second kappa shape index (κ2) is 25.8. The zero-order valence-electron chi connectivity index (χ0n) is 30.4. The number of urea groups is 1. The van der Waals surface area contributed by atoms with Crippen molar-refractivity contribution in [3.05, 3.63) is 109 Å². The van der Waals surface area contributed by atoms with Gasteiger partial charge in [0.25, 0.3) is 0 Å². The van der Waals surface area contributed by atoms with Crippen molar-refractivity contribution in [3.63, 3.8) is 0 Å². The van der Waals surface area contributed by atoms with Crippen LogP contribution in [0.2, 0.25) is 0 Å². The Morgan fingerprint density at radius 2 is 1.72 bits per heavy atom. The quantitative estimate of drug-likeness (QED) is 0.201. The van der Waals surface area contributed by atoms with Crippen LogP contribution in [0.15, 0.2) is 97.4 Å². The molecule has 1 aliphatic rings. The molecule has 2 aromatic carbocycles. The molecule has 8 heteroatoms. The van der Waals surface area contributed by atoms with E-state index in [2.05, 4.69) is 40.3 Å². The number of hydrogen-bond acceptors (Lipinski definition) is 5. The number of nitrogens with one attached hydrogen (secondary N) is 2. The normalized spacial score (nSPS) is 13.7. The number of benzene rings is 2. The van der Waals surface area contributed by atoms with Crippen LogP contribution in [-0.2, 0) is 11.3 Å². The standard InChI is InChI=1S/C22H31N3O.C13H18N2O2.2C2H6/c1-6-8-11-20(16-23-13-7-2)18(3)14-22(26)24-21-12-9-10-19(15-21)17-25(4)5;1-17-12-4-2-10(3-5-12)11-6-8-15(9-7-11)13(14)16;2*1-2/h6-13,15-16,18,23H,1,14,17H2,2-5H3,(H,24,26);2-5,11H,6-9H2,1H3,(H2,14,16);2*1-2H3/b11-8+,13-7+,20-16+;;;. The number of amides is 3. The number of carbonyl (C=O) groups is 2. The molecule has 3 rings (SSSR count). The largest absolute Gasteiger partial charge is 0.497 e. The minimum absolute atomic E-state index is 0.00318. The number of nitrogens with zero attached hydrogens (tertiary/aromatic N) is 2. The fourth-order valence-corrected chi connectivity index (χ4v) is 4.80. The highest BCUT2D eigenvalue weighted by Crippen LogP contribution is 2.29. The van der Waals surface area contributed by atoms with Crippen molar-refractivity contribution < 1.29 is 14.3 Å². The van der Waals surface area contributed by atoms with Gasteiger partial charge in [-0.25, -0.2) is 4.79 Å². The number of carbonyl (C=O) groups excluding carboxylic acids is 2. The average molecular weight is 648 g/mol. The molecule has 0 aliphatic carbocycles. The lowest BCUT2D eigenvalue weighted by Gasteiger charge is -2.31. The van der Waals surface area contributed by atoms with Gasteiger partial charge in [-0.3, -0.25) is 4.79 Å². The van der Waals surface area contributed by atoms with Crippen molar-refractivity contribution in [1.82, 2.24) is 15.1 Å². The van der Waals surface area contributed by atoms with Crippen LogP contribution in [0, 0.1) is 5.92 Å². The molecule has 47 heavy (non-hydrogen) atoms. The molecule has 4 N–H and O–H groups in total. The van der Waals surface area contributed by atoms with E-state index in [-0.39, 0.29) is 17.9 Å². The minimum atomic E-state index is -0.307. The Hall–Kier alpha value is -4.30. The van der Waals surface area contributed by atoms with Crippen molar-refractivity contribution in [2.24, 2.45) is 11.7 Å². The molecular weight excluding hydrogens is 586 g/mol. The first-order valence-electron chi connectivity index (χ1n) is 16.7. The monoisotopic (exact) mass is 647 g/mol. The lowest BCUT2D eigenvalue weighted by Crippen LogP contribution is -2.41. The van der Waals surface area contributed by atoms with Crippen molar-refractivity contribution in [2.75, 3.05) is 39.6 Å². The average Bonchev–Trinajstić information content (AvgIpc) is 3.08. The second-order valence-corrected chi connectivity index (χ2v) is 10.9. The van der Waals surface area contributed by atoms with Crippen molar-refractivity contribution in [3.8, 4) is 5.75 Å². The van der Waals surface area contributed by atoms with Crippen LogP contribution in [0.25, 0.3) is 0 Å². The first-order chi connectivity index (χ1) is 22.7. The summed E-state index contributed by atoms with van der Waals surface area (Å²) in [5.74, 6) is 1.48. The van der Waals surface area contributed by atoms with Gasteiger partial charge in [0.1, 0.15) is 5.75 Å². The Labute approximate surface area is 285 Å². The van der Waals surface area contributed by atoms with E-state index in [1.807, 2.05) is 117 Å². The first-order valence-corrected chi connectivity index (χ1v) is 16.7. The number of allylic oxidation sites excluding steroid dienone is 5. The van der Waals surface area contributed by atoms with Gasteiger partial charge in [0, 0.05) is 37.9 Å². The van der Waals surface area contributed by atoms with E-state index in [9.17, 15) is 9.59 Å². The highest BCUT2D eigenvalue weighted by Gasteiger charge is 2.22. The summed E-state index contributed by atoms with van der Waals surface area (Å²) < 4.78 is 5.14. The predicted molar refractivity (Wildman–Crippen MR) is 200 cm³/mol. The maximum Gasteiger partial charge on any atom is 0.314 e. The molecule has 0 bridgehead atoms. The maximum atomic E-state index is 12.4. The topological polar surface area (TPSA) is 99.9 Å². The zero-order valence-corrected chi connectivity index (χ0v) is 30.4. The number of rotatable bonds is 12. The molecule has 0 spiro atoms. The molecule has 2 aromatic rings. The summed E-state index contributed by atoms with van der Waals surface area (Å²) in [6, 6.07) is 15.8. The van der Waals surface area contributed by atoms with Crippen LogP contribution in [-0.4, -0.2) is 56.0 Å². The smallest absolute Gasteiger partial charge is 0.314 e. The number of hydrogen-bond donors (Lipinski definition) is 3. The number of primary amides is 1. The number of piperidine rings is 1. The Morgan fingerprint density at radius 3 is 2.26 bits per heavy atom. The molecule has 0 radical (unpaired) electrons. The third-order valence-electron chi connectivity index (χ3n) is 7.10. The minimum Gasteiger partial charge on any atom is -0.497 e. The van der Waals surface area contributed by atoms with E-state index in [4.69, 9.17) is 10.5 Å². The molecule has 0 aromatic heterocycles. The third-order valence-corrected chi connectivity index (χ3v) is 7.10. The highest BCUT2D eigenvalue weighted by molar-refractivity contribution is 5.91. The number of ether oxygens (including phenoxy) is 1. The van der Waals surface area contributed by atoms with E-state index in [0.29, 0.717) is 12.3 Å². The zero-order chi connectivity index (χ0) is 35.6. The van der Waals surface area contributed by atoms with Gasteiger partial charge in [0.15, 0.2) is 0 Å². The van der Waals surface area contributed by atoms with Crippen LogP contribution < -0.4 is 21.1 Å². The van der Waals surface area contributed by atoms with Crippen molar-refractivity contribution >= 4 is 17.6 Å². The second-order valence-electron chi connectivity index (χ2n) is 10.9. The Morgan fingerprint density at radius 1 is 1.09 bits per heavy atom. The van der Waals surface area contributed by atoms with Crippen LogP contribution in [0.4, 0.5) is 10.5 Å². The highest BCUT2D eigenvalue weighted by atomic mass is 16.5. The predicted octanol–water partition coefficient (Wildman–Crippen LogP) is 8.47. The van der Waals surface area contributed by atoms with Gasteiger partial charge in [0.05, 0.1) is 7.11 Å². The number of methoxy groups -OCH3 is 1. The molecule has 1 unspecified atom stereocenters. The van der Waals surface area contributed by atoms with Gasteiger partial charge in [-0.05, 0) is 92.9 Å². The van der Waals surface area contributed by atoms with E-state index >= 15 is 0 Å². The Bertz CT molecular complexity index is 1240. The maximum absolute atomic E-state index is 12.4. The summed E-state index contributed by atoms with van der Waals surface area (Å²) in [6.07, 6.45) is 13.6. The molecule has 8 nitrogen and oxygen atoms in total. The third kappa shape index (κ3) is 17.8. The van der Waals surface area contributed by atoms with Crippen LogP contribution in [0.5, 0.6) is 5.75 Å². The summed E-state index contributed by atoms with van der Waals surface area (Å²) in [7, 11) is 5.72. The van der Waals surface area contributed by atoms with Crippen LogP contribution in [0.1, 0.15) is 77.8 Å². The van der Waals surface area contributed by atoms with Crippen molar-refractivity contribution in [2.45, 2.75) is 73.3 Å². The molecule has 0 saturated carbocycles. The number of anilines is 1. The Kier molecular flexibility index (Phi) is 23.5. The summed E-state index contributed by atoms with van der Waals surface area (Å²) in [6.45, 7) is 18.0.